The maximum absolute atomic E-state index is 11.8. The number of carbonyl (C=O) groups is 2. The molecule has 0 unspecified atom stereocenters. The largest absolute Gasteiger partial charge is 0.464 e. The maximum atomic E-state index is 11.8. The van der Waals surface area contributed by atoms with E-state index >= 15 is 0 Å². The third-order valence-corrected chi connectivity index (χ3v) is 2.70. The molecule has 2 heterocycles. The molecule has 0 N–H and O–H groups in total. The number of ketones is 1. The van der Waals surface area contributed by atoms with E-state index in [2.05, 4.69) is 0 Å². The smallest absolute Gasteiger partial charge is 0.410 e. The van der Waals surface area contributed by atoms with Gasteiger partial charge in [0, 0.05) is 13.0 Å². The van der Waals surface area contributed by atoms with E-state index < -0.39 is 6.09 Å². The molecule has 0 aliphatic carbocycles. The summed E-state index contributed by atoms with van der Waals surface area (Å²) >= 11 is 0. The molecule has 1 aliphatic rings. The van der Waals surface area contributed by atoms with Crippen LogP contribution in [0.25, 0.3) is 0 Å². The molecule has 0 bridgehead atoms. The summed E-state index contributed by atoms with van der Waals surface area (Å²) in [6.45, 7) is 4.54. The van der Waals surface area contributed by atoms with Crippen molar-refractivity contribution in [1.82, 2.24) is 4.90 Å². The standard InChI is InChI=1S/C12H15NO4/c1-3-16-12(15)13-5-4-10(14)9-6-8(2)17-11(9)7-13/h6H,3-5,7H2,1-2H3. The molecule has 2 rings (SSSR count). The summed E-state index contributed by atoms with van der Waals surface area (Å²) in [7, 11) is 0. The normalized spacial score (nSPS) is 15.4. The Morgan fingerprint density at radius 3 is 3.06 bits per heavy atom. The van der Waals surface area contributed by atoms with E-state index in [0.29, 0.717) is 43.2 Å². The number of ether oxygens (including phenoxy) is 1. The van der Waals surface area contributed by atoms with Gasteiger partial charge in [0.2, 0.25) is 0 Å². The summed E-state index contributed by atoms with van der Waals surface area (Å²) in [6, 6.07) is 1.73. The topological polar surface area (TPSA) is 59.8 Å². The van der Waals surface area contributed by atoms with Crippen molar-refractivity contribution >= 4 is 11.9 Å². The highest BCUT2D eigenvalue weighted by atomic mass is 16.6. The average molecular weight is 237 g/mol. The van der Waals surface area contributed by atoms with Gasteiger partial charge in [0.1, 0.15) is 11.5 Å². The van der Waals surface area contributed by atoms with Gasteiger partial charge < -0.3 is 14.1 Å². The molecule has 0 fully saturated rings. The van der Waals surface area contributed by atoms with Gasteiger partial charge in [-0.3, -0.25) is 4.79 Å². The fourth-order valence-electron chi connectivity index (χ4n) is 1.91. The number of fused-ring (bicyclic) bond motifs is 1. The van der Waals surface area contributed by atoms with Crippen LogP contribution in [0.2, 0.25) is 0 Å². The van der Waals surface area contributed by atoms with Crippen molar-refractivity contribution in [3.63, 3.8) is 0 Å². The zero-order valence-corrected chi connectivity index (χ0v) is 9.99. The first-order chi connectivity index (χ1) is 8.11. The van der Waals surface area contributed by atoms with E-state index in [0.717, 1.165) is 0 Å². The number of aryl methyl sites for hydroxylation is 1. The molecule has 0 radical (unpaired) electrons. The van der Waals surface area contributed by atoms with Crippen LogP contribution in [-0.2, 0) is 11.3 Å². The minimum Gasteiger partial charge on any atom is -0.464 e. The van der Waals surface area contributed by atoms with E-state index in [9.17, 15) is 9.59 Å². The molecular weight excluding hydrogens is 222 g/mol. The van der Waals surface area contributed by atoms with E-state index in [-0.39, 0.29) is 5.78 Å². The average Bonchev–Trinajstić information content (AvgIpc) is 2.58. The first-order valence-corrected chi connectivity index (χ1v) is 5.66. The van der Waals surface area contributed by atoms with Crippen LogP contribution in [-0.4, -0.2) is 29.9 Å². The van der Waals surface area contributed by atoms with Crippen molar-refractivity contribution < 1.29 is 18.7 Å². The second kappa shape index (κ2) is 4.61. The number of carbonyl (C=O) groups excluding carboxylic acids is 2. The quantitative estimate of drug-likeness (QED) is 0.750. The van der Waals surface area contributed by atoms with Crippen molar-refractivity contribution in [3.05, 3.63) is 23.2 Å². The number of hydrogen-bond donors (Lipinski definition) is 0. The van der Waals surface area contributed by atoms with Crippen molar-refractivity contribution in [2.75, 3.05) is 13.2 Å². The number of rotatable bonds is 1. The number of Topliss-reactive ketones (excluding diaryl/α,β-unsaturated/α-hetero) is 1. The summed E-state index contributed by atoms with van der Waals surface area (Å²) in [5.74, 6) is 1.26. The van der Waals surface area contributed by atoms with Gasteiger partial charge in [0.25, 0.3) is 0 Å². The molecule has 1 aromatic rings. The zero-order valence-electron chi connectivity index (χ0n) is 9.99. The second-order valence-electron chi connectivity index (χ2n) is 3.99. The number of nitrogens with zero attached hydrogens (tertiary/aromatic N) is 1. The molecule has 0 saturated carbocycles. The van der Waals surface area contributed by atoms with Gasteiger partial charge in [-0.15, -0.1) is 0 Å². The molecular formula is C12H15NO4. The predicted molar refractivity (Wildman–Crippen MR) is 59.8 cm³/mol. The van der Waals surface area contributed by atoms with Gasteiger partial charge >= 0.3 is 6.09 Å². The Morgan fingerprint density at radius 2 is 2.35 bits per heavy atom. The van der Waals surface area contributed by atoms with Crippen LogP contribution in [0.5, 0.6) is 0 Å². The Hall–Kier alpha value is -1.78. The van der Waals surface area contributed by atoms with Gasteiger partial charge in [-0.1, -0.05) is 0 Å². The Balaban J connectivity index is 2.22. The summed E-state index contributed by atoms with van der Waals surface area (Å²) in [6.07, 6.45) is -0.0904. The fourth-order valence-corrected chi connectivity index (χ4v) is 1.91. The van der Waals surface area contributed by atoms with Crippen molar-refractivity contribution in [2.24, 2.45) is 0 Å². The van der Waals surface area contributed by atoms with Gasteiger partial charge in [-0.2, -0.15) is 0 Å². The second-order valence-corrected chi connectivity index (χ2v) is 3.99. The SMILES string of the molecule is CCOC(=O)N1CCC(=O)c2cc(C)oc2C1. The van der Waals surface area contributed by atoms with Crippen LogP contribution in [0, 0.1) is 6.92 Å². The molecule has 0 aromatic carbocycles. The first kappa shape index (κ1) is 11.7. The Bertz CT molecular complexity index is 449. The van der Waals surface area contributed by atoms with Gasteiger partial charge in [0.05, 0.1) is 18.7 Å². The molecule has 92 valence electrons. The van der Waals surface area contributed by atoms with E-state index in [4.69, 9.17) is 9.15 Å². The van der Waals surface area contributed by atoms with Crippen LogP contribution in [0.1, 0.15) is 35.2 Å². The predicted octanol–water partition coefficient (Wildman–Crippen LogP) is 2.13. The summed E-state index contributed by atoms with van der Waals surface area (Å²) in [4.78, 5) is 24.9. The molecule has 0 saturated heterocycles. The molecule has 17 heavy (non-hydrogen) atoms. The molecule has 0 atom stereocenters. The maximum Gasteiger partial charge on any atom is 0.410 e. The molecule has 5 nitrogen and oxygen atoms in total. The van der Waals surface area contributed by atoms with Gasteiger partial charge in [-0.05, 0) is 19.9 Å². The van der Waals surface area contributed by atoms with Gasteiger partial charge in [0.15, 0.2) is 5.78 Å². The van der Waals surface area contributed by atoms with E-state index in [1.165, 1.54) is 4.90 Å². The van der Waals surface area contributed by atoms with Crippen LogP contribution in [0.4, 0.5) is 4.79 Å². The van der Waals surface area contributed by atoms with E-state index in [1.54, 1.807) is 19.9 Å². The highest BCUT2D eigenvalue weighted by Gasteiger charge is 2.26. The summed E-state index contributed by atoms with van der Waals surface area (Å²) in [5, 5.41) is 0. The van der Waals surface area contributed by atoms with Crippen molar-refractivity contribution in [3.8, 4) is 0 Å². The Labute approximate surface area is 99.3 Å². The highest BCUT2D eigenvalue weighted by molar-refractivity contribution is 5.97. The van der Waals surface area contributed by atoms with Crippen LogP contribution < -0.4 is 0 Å². The number of hydrogen-bond acceptors (Lipinski definition) is 4. The summed E-state index contributed by atoms with van der Waals surface area (Å²) in [5.41, 5.74) is 0.592. The fraction of sp³-hybridized carbons (Fsp3) is 0.500. The van der Waals surface area contributed by atoms with Crippen LogP contribution >= 0.6 is 0 Å². The van der Waals surface area contributed by atoms with Gasteiger partial charge in [-0.25, -0.2) is 4.79 Å². The molecule has 0 spiro atoms. The lowest BCUT2D eigenvalue weighted by molar-refractivity contribution is 0.0933. The van der Waals surface area contributed by atoms with Crippen LogP contribution in [0.15, 0.2) is 10.5 Å². The molecule has 1 aliphatic heterocycles. The van der Waals surface area contributed by atoms with Crippen LogP contribution in [0.3, 0.4) is 0 Å². The number of furan rings is 1. The van der Waals surface area contributed by atoms with Crippen molar-refractivity contribution in [2.45, 2.75) is 26.8 Å². The molecule has 1 aromatic heterocycles. The highest BCUT2D eigenvalue weighted by Crippen LogP contribution is 2.22. The molecule has 5 heteroatoms. The van der Waals surface area contributed by atoms with Crippen molar-refractivity contribution in [1.29, 1.82) is 0 Å². The minimum atomic E-state index is -0.401. The third kappa shape index (κ3) is 2.33. The first-order valence-electron chi connectivity index (χ1n) is 5.66. The minimum absolute atomic E-state index is 0.0173. The Kier molecular flexibility index (Phi) is 3.17. The lowest BCUT2D eigenvalue weighted by Gasteiger charge is -2.18. The lowest BCUT2D eigenvalue weighted by atomic mass is 10.1. The van der Waals surface area contributed by atoms with E-state index in [1.807, 2.05) is 0 Å². The zero-order chi connectivity index (χ0) is 12.4. The summed E-state index contributed by atoms with van der Waals surface area (Å²) < 4.78 is 10.4. The monoisotopic (exact) mass is 237 g/mol. The number of amides is 1. The third-order valence-electron chi connectivity index (χ3n) is 2.70. The molecule has 1 amide bonds. The lowest BCUT2D eigenvalue weighted by Crippen LogP contribution is -2.31. The Morgan fingerprint density at radius 1 is 1.59 bits per heavy atom.